The zero-order chi connectivity index (χ0) is 22.9. The molecule has 1 saturated heterocycles. The van der Waals surface area contributed by atoms with Crippen LogP contribution in [0.2, 0.25) is 0 Å². The summed E-state index contributed by atoms with van der Waals surface area (Å²) in [5.41, 5.74) is 5.01. The second-order valence-corrected chi connectivity index (χ2v) is 9.84. The van der Waals surface area contributed by atoms with Crippen LogP contribution in [0.3, 0.4) is 0 Å². The predicted octanol–water partition coefficient (Wildman–Crippen LogP) is 4.67. The van der Waals surface area contributed by atoms with Gasteiger partial charge in [0.25, 0.3) is 11.8 Å². The Morgan fingerprint density at radius 3 is 2.79 bits per heavy atom. The number of aromatic nitrogens is 1. The summed E-state index contributed by atoms with van der Waals surface area (Å²) in [5.74, 6) is -0.00967. The third-order valence-electron chi connectivity index (χ3n) is 6.42. The molecule has 33 heavy (non-hydrogen) atoms. The molecule has 1 aliphatic carbocycles. The van der Waals surface area contributed by atoms with E-state index in [1.54, 1.807) is 6.07 Å². The maximum Gasteiger partial charge on any atom is 0.278 e. The van der Waals surface area contributed by atoms with E-state index in [0.29, 0.717) is 22.9 Å². The minimum absolute atomic E-state index is 0.0673. The predicted molar refractivity (Wildman–Crippen MR) is 127 cm³/mol. The van der Waals surface area contributed by atoms with Crippen molar-refractivity contribution in [2.75, 3.05) is 18.5 Å². The molecule has 3 aromatic rings. The number of fused-ring (bicyclic) bond motifs is 1. The Labute approximate surface area is 196 Å². The summed E-state index contributed by atoms with van der Waals surface area (Å²) in [6, 6.07) is 7.61. The van der Waals surface area contributed by atoms with Crippen LogP contribution >= 0.6 is 11.3 Å². The number of benzene rings is 1. The SMILES string of the molecule is Cc1ccc(-c2cc(C(=O)Nc3sc4c(c3C(=O)NC[C@@H]3CCCO3)CCC4)no2)cc1C. The average molecular weight is 466 g/mol. The van der Waals surface area contributed by atoms with Gasteiger partial charge in [0.05, 0.1) is 11.7 Å². The summed E-state index contributed by atoms with van der Waals surface area (Å²) in [7, 11) is 0. The Kier molecular flexibility index (Phi) is 6.03. The Morgan fingerprint density at radius 2 is 2.00 bits per heavy atom. The highest BCUT2D eigenvalue weighted by Crippen LogP contribution is 2.39. The number of carbonyl (C=O) groups excluding carboxylic acids is 2. The minimum atomic E-state index is -0.387. The standard InChI is InChI=1S/C25H27N3O4S/c1-14-8-9-16(11-15(14)2)20-12-19(28-32-20)23(29)27-25-22(18-6-3-7-21(18)33-25)24(30)26-13-17-5-4-10-31-17/h8-9,11-12,17H,3-7,10,13H2,1-2H3,(H,26,30)(H,27,29)/t17-/m0/s1. The van der Waals surface area contributed by atoms with Crippen LogP contribution in [0.15, 0.2) is 28.8 Å². The molecule has 2 aromatic heterocycles. The van der Waals surface area contributed by atoms with E-state index in [0.717, 1.165) is 55.4 Å². The number of anilines is 1. The van der Waals surface area contributed by atoms with Gasteiger partial charge in [0.15, 0.2) is 11.5 Å². The fourth-order valence-corrected chi connectivity index (χ4v) is 5.69. The van der Waals surface area contributed by atoms with Gasteiger partial charge in [-0.2, -0.15) is 0 Å². The maximum absolute atomic E-state index is 13.1. The molecule has 3 heterocycles. The van der Waals surface area contributed by atoms with Crippen molar-refractivity contribution in [1.82, 2.24) is 10.5 Å². The summed E-state index contributed by atoms with van der Waals surface area (Å²) in [6.07, 6.45) is 4.87. The van der Waals surface area contributed by atoms with Gasteiger partial charge in [-0.25, -0.2) is 0 Å². The van der Waals surface area contributed by atoms with Crippen LogP contribution < -0.4 is 10.6 Å². The number of nitrogens with one attached hydrogen (secondary N) is 2. The normalized spacial score (nSPS) is 17.2. The Hall–Kier alpha value is -2.97. The van der Waals surface area contributed by atoms with Crippen molar-refractivity contribution in [1.29, 1.82) is 0 Å². The first-order chi connectivity index (χ1) is 16.0. The molecule has 172 valence electrons. The number of amides is 2. The van der Waals surface area contributed by atoms with E-state index in [1.165, 1.54) is 21.8 Å². The van der Waals surface area contributed by atoms with Crippen LogP contribution in [0.1, 0.15) is 61.7 Å². The van der Waals surface area contributed by atoms with Crippen molar-refractivity contribution in [3.8, 4) is 11.3 Å². The van der Waals surface area contributed by atoms with Crippen molar-refractivity contribution in [2.45, 2.75) is 52.1 Å². The van der Waals surface area contributed by atoms with Crippen LogP contribution in [0.25, 0.3) is 11.3 Å². The highest BCUT2D eigenvalue weighted by Gasteiger charge is 2.29. The van der Waals surface area contributed by atoms with Crippen molar-refractivity contribution < 1.29 is 18.8 Å². The fraction of sp³-hybridized carbons (Fsp3) is 0.400. The molecule has 0 bridgehead atoms. The number of nitrogens with zero attached hydrogens (tertiary/aromatic N) is 1. The summed E-state index contributed by atoms with van der Waals surface area (Å²) in [6.45, 7) is 5.31. The van der Waals surface area contributed by atoms with E-state index >= 15 is 0 Å². The molecule has 2 N–H and O–H groups in total. The fourth-order valence-electron chi connectivity index (χ4n) is 4.41. The van der Waals surface area contributed by atoms with Gasteiger partial charge in [-0.3, -0.25) is 9.59 Å². The minimum Gasteiger partial charge on any atom is -0.376 e. The molecule has 1 atom stereocenters. The monoisotopic (exact) mass is 465 g/mol. The van der Waals surface area contributed by atoms with Crippen LogP contribution in [0, 0.1) is 13.8 Å². The molecule has 8 heteroatoms. The third kappa shape index (κ3) is 4.45. The average Bonchev–Trinajstić information content (AvgIpc) is 3.58. The Morgan fingerprint density at radius 1 is 1.12 bits per heavy atom. The summed E-state index contributed by atoms with van der Waals surface area (Å²) < 4.78 is 11.1. The second kappa shape index (κ2) is 9.11. The molecule has 1 aromatic carbocycles. The molecule has 0 unspecified atom stereocenters. The third-order valence-corrected chi connectivity index (χ3v) is 7.63. The molecule has 7 nitrogen and oxygen atoms in total. The van der Waals surface area contributed by atoms with Crippen LogP contribution in [-0.2, 0) is 17.6 Å². The molecule has 2 amide bonds. The number of ether oxygens (including phenoxy) is 1. The maximum atomic E-state index is 13.1. The quantitative estimate of drug-likeness (QED) is 0.552. The molecule has 0 saturated carbocycles. The number of hydrogen-bond donors (Lipinski definition) is 2. The highest BCUT2D eigenvalue weighted by molar-refractivity contribution is 7.17. The topological polar surface area (TPSA) is 93.5 Å². The number of hydrogen-bond acceptors (Lipinski definition) is 6. The van der Waals surface area contributed by atoms with Gasteiger partial charge in [-0.05, 0) is 68.7 Å². The molecule has 0 spiro atoms. The van der Waals surface area contributed by atoms with Gasteiger partial charge >= 0.3 is 0 Å². The summed E-state index contributed by atoms with van der Waals surface area (Å²) in [4.78, 5) is 27.2. The van der Waals surface area contributed by atoms with Gasteiger partial charge in [-0.15, -0.1) is 11.3 Å². The van der Waals surface area contributed by atoms with Crippen molar-refractivity contribution in [3.05, 3.63) is 57.1 Å². The summed E-state index contributed by atoms with van der Waals surface area (Å²) in [5, 5.41) is 10.5. The lowest BCUT2D eigenvalue weighted by Crippen LogP contribution is -2.32. The lowest BCUT2D eigenvalue weighted by molar-refractivity contribution is 0.0858. The molecule has 2 aliphatic rings. The zero-order valence-corrected chi connectivity index (χ0v) is 19.6. The first-order valence-electron chi connectivity index (χ1n) is 11.4. The molecular weight excluding hydrogens is 438 g/mol. The largest absolute Gasteiger partial charge is 0.376 e. The van der Waals surface area contributed by atoms with E-state index < -0.39 is 0 Å². The van der Waals surface area contributed by atoms with Gasteiger partial charge in [-0.1, -0.05) is 17.3 Å². The van der Waals surface area contributed by atoms with Crippen LogP contribution in [0.5, 0.6) is 0 Å². The number of rotatable bonds is 6. The van der Waals surface area contributed by atoms with Gasteiger partial charge < -0.3 is 19.9 Å². The van der Waals surface area contributed by atoms with E-state index in [2.05, 4.69) is 15.8 Å². The molecule has 0 radical (unpaired) electrons. The Balaban J connectivity index is 1.34. The molecule has 1 fully saturated rings. The van der Waals surface area contributed by atoms with E-state index in [9.17, 15) is 9.59 Å². The second-order valence-electron chi connectivity index (χ2n) is 8.74. The van der Waals surface area contributed by atoms with Gasteiger partial charge in [0.1, 0.15) is 5.00 Å². The van der Waals surface area contributed by atoms with Crippen molar-refractivity contribution in [2.24, 2.45) is 0 Å². The van der Waals surface area contributed by atoms with Crippen LogP contribution in [0.4, 0.5) is 5.00 Å². The van der Waals surface area contributed by atoms with Crippen LogP contribution in [-0.4, -0.2) is 36.2 Å². The first kappa shape index (κ1) is 21.9. The first-order valence-corrected chi connectivity index (χ1v) is 12.2. The van der Waals surface area contributed by atoms with Crippen molar-refractivity contribution in [3.63, 3.8) is 0 Å². The van der Waals surface area contributed by atoms with Gasteiger partial charge in [0, 0.05) is 29.7 Å². The van der Waals surface area contributed by atoms with Gasteiger partial charge in [0.2, 0.25) is 0 Å². The highest BCUT2D eigenvalue weighted by atomic mass is 32.1. The lowest BCUT2D eigenvalue weighted by atomic mass is 10.0. The zero-order valence-electron chi connectivity index (χ0n) is 18.8. The molecule has 5 rings (SSSR count). The van der Waals surface area contributed by atoms with E-state index in [-0.39, 0.29) is 23.6 Å². The van der Waals surface area contributed by atoms with Crippen molar-refractivity contribution >= 4 is 28.2 Å². The molecular formula is C25H27N3O4S. The molecule has 1 aliphatic heterocycles. The Bertz CT molecular complexity index is 1210. The number of carbonyl (C=O) groups is 2. The lowest BCUT2D eigenvalue weighted by Gasteiger charge is -2.12. The number of aryl methyl sites for hydroxylation is 3. The smallest absolute Gasteiger partial charge is 0.278 e. The summed E-state index contributed by atoms with van der Waals surface area (Å²) >= 11 is 1.48. The van der Waals surface area contributed by atoms with E-state index in [1.807, 2.05) is 32.0 Å². The van der Waals surface area contributed by atoms with E-state index in [4.69, 9.17) is 9.26 Å². The number of thiophene rings is 1.